The quantitative estimate of drug-likeness (QED) is 0.754. The number of amides is 1. The average Bonchev–Trinajstić information content (AvgIpc) is 3.24. The van der Waals surface area contributed by atoms with Crippen LogP contribution in [-0.4, -0.2) is 39.1 Å². The molecular weight excluding hydrogens is 330 g/mol. The lowest BCUT2D eigenvalue weighted by atomic mass is 9.93. The summed E-state index contributed by atoms with van der Waals surface area (Å²) in [5.41, 5.74) is 5.16. The van der Waals surface area contributed by atoms with Gasteiger partial charge in [0.2, 0.25) is 0 Å². The molecule has 1 aromatic carbocycles. The number of carbonyl (C=O) groups is 1. The van der Waals surface area contributed by atoms with Gasteiger partial charge in [-0.1, -0.05) is 6.07 Å². The van der Waals surface area contributed by atoms with Crippen LogP contribution in [0.3, 0.4) is 0 Å². The zero-order valence-corrected chi connectivity index (χ0v) is 15.1. The van der Waals surface area contributed by atoms with Gasteiger partial charge in [0.15, 0.2) is 5.69 Å². The maximum absolute atomic E-state index is 12.1. The molecule has 1 saturated heterocycles. The summed E-state index contributed by atoms with van der Waals surface area (Å²) in [5, 5.41) is 12.1. The zero-order chi connectivity index (χ0) is 18.1. The number of rotatable bonds is 4. The molecule has 0 atom stereocenters. The molecule has 1 amide bonds. The van der Waals surface area contributed by atoms with Gasteiger partial charge in [0.1, 0.15) is 0 Å². The number of hydrogen-bond acceptors (Lipinski definition) is 4. The third-order valence-electron chi connectivity index (χ3n) is 5.08. The summed E-state index contributed by atoms with van der Waals surface area (Å²) in [6, 6.07) is 6.29. The van der Waals surface area contributed by atoms with Gasteiger partial charge in [0.25, 0.3) is 5.91 Å². The number of nitrogens with zero attached hydrogens (tertiary/aromatic N) is 3. The van der Waals surface area contributed by atoms with Crippen LogP contribution in [0.5, 0.6) is 0 Å². The molecule has 1 fully saturated rings. The van der Waals surface area contributed by atoms with E-state index in [1.165, 1.54) is 27.6 Å². The minimum absolute atomic E-state index is 0.216. The summed E-state index contributed by atoms with van der Waals surface area (Å²) in [6.45, 7) is 4.30. The number of aromatic nitrogens is 4. The van der Waals surface area contributed by atoms with Crippen LogP contribution in [0.2, 0.25) is 0 Å². The first-order valence-corrected chi connectivity index (χ1v) is 8.95. The maximum Gasteiger partial charge on any atom is 0.273 e. The Labute approximate surface area is 151 Å². The number of benzene rings is 1. The normalized spacial score (nSPS) is 15.5. The Bertz CT molecular complexity index is 937. The van der Waals surface area contributed by atoms with E-state index in [1.54, 1.807) is 7.05 Å². The molecule has 0 aliphatic carbocycles. The molecule has 3 heterocycles. The number of hydrogen-bond donors (Lipinski definition) is 2. The Morgan fingerprint density at radius 3 is 2.92 bits per heavy atom. The highest BCUT2D eigenvalue weighted by Gasteiger charge is 2.20. The highest BCUT2D eigenvalue weighted by Crippen LogP contribution is 2.33. The van der Waals surface area contributed by atoms with Crippen LogP contribution in [0.15, 0.2) is 24.4 Å². The predicted octanol–water partition coefficient (Wildman–Crippen LogP) is 2.43. The standard InChI is InChI=1S/C19H23N5O2/c1-12-15-9-13(10-20-19(25)17-11-21-24(2)23-17)3-4-16(15)22-18(12)14-5-7-26-8-6-14/h3-4,9,11,14,22H,5-8,10H2,1-2H3,(H,20,25). The Morgan fingerprint density at radius 1 is 1.38 bits per heavy atom. The summed E-state index contributed by atoms with van der Waals surface area (Å²) in [6.07, 6.45) is 3.60. The van der Waals surface area contributed by atoms with Crippen LogP contribution < -0.4 is 5.32 Å². The van der Waals surface area contributed by atoms with Crippen molar-refractivity contribution >= 4 is 16.8 Å². The molecule has 26 heavy (non-hydrogen) atoms. The van der Waals surface area contributed by atoms with Gasteiger partial charge in [0.05, 0.1) is 6.20 Å². The van der Waals surface area contributed by atoms with Gasteiger partial charge in [-0.25, -0.2) is 0 Å². The van der Waals surface area contributed by atoms with Crippen molar-refractivity contribution in [2.45, 2.75) is 32.2 Å². The molecule has 0 radical (unpaired) electrons. The van der Waals surface area contributed by atoms with Crippen molar-refractivity contribution in [3.63, 3.8) is 0 Å². The van der Waals surface area contributed by atoms with Crippen molar-refractivity contribution in [1.82, 2.24) is 25.3 Å². The Hall–Kier alpha value is -2.67. The number of H-pyrrole nitrogens is 1. The van der Waals surface area contributed by atoms with Gasteiger partial charge in [-0.3, -0.25) is 4.79 Å². The molecule has 1 aliphatic heterocycles. The van der Waals surface area contributed by atoms with Crippen molar-refractivity contribution in [2.75, 3.05) is 13.2 Å². The maximum atomic E-state index is 12.1. The van der Waals surface area contributed by atoms with Gasteiger partial charge in [-0.05, 0) is 43.0 Å². The largest absolute Gasteiger partial charge is 0.381 e. The minimum atomic E-state index is -0.216. The van der Waals surface area contributed by atoms with Crippen molar-refractivity contribution in [1.29, 1.82) is 0 Å². The molecule has 0 unspecified atom stereocenters. The highest BCUT2D eigenvalue weighted by atomic mass is 16.5. The molecule has 2 N–H and O–H groups in total. The van der Waals surface area contributed by atoms with Crippen LogP contribution >= 0.6 is 0 Å². The molecule has 0 spiro atoms. The second-order valence-corrected chi connectivity index (χ2v) is 6.83. The van der Waals surface area contributed by atoms with Gasteiger partial charge in [0, 0.05) is 49.3 Å². The molecule has 136 valence electrons. The molecule has 0 saturated carbocycles. The SMILES string of the molecule is Cc1c(C2CCOCC2)[nH]c2ccc(CNC(=O)c3cnn(C)n3)cc12. The van der Waals surface area contributed by atoms with E-state index in [0.717, 1.165) is 37.1 Å². The van der Waals surface area contributed by atoms with E-state index in [0.29, 0.717) is 18.2 Å². The van der Waals surface area contributed by atoms with E-state index in [-0.39, 0.29) is 5.91 Å². The third-order valence-corrected chi connectivity index (χ3v) is 5.08. The van der Waals surface area contributed by atoms with Crippen molar-refractivity contribution in [2.24, 2.45) is 7.05 Å². The average molecular weight is 353 g/mol. The van der Waals surface area contributed by atoms with Crippen LogP contribution in [0.25, 0.3) is 10.9 Å². The highest BCUT2D eigenvalue weighted by molar-refractivity contribution is 5.92. The number of aryl methyl sites for hydroxylation is 2. The lowest BCUT2D eigenvalue weighted by Crippen LogP contribution is -2.23. The van der Waals surface area contributed by atoms with Gasteiger partial charge in [-0.15, -0.1) is 5.10 Å². The molecule has 2 aromatic heterocycles. The zero-order valence-electron chi connectivity index (χ0n) is 15.1. The first kappa shape index (κ1) is 16.8. The van der Waals surface area contributed by atoms with Crippen molar-refractivity contribution < 1.29 is 9.53 Å². The van der Waals surface area contributed by atoms with Gasteiger partial charge < -0.3 is 15.0 Å². The molecule has 0 bridgehead atoms. The molecule has 3 aromatic rings. The second kappa shape index (κ2) is 6.92. The number of ether oxygens (including phenoxy) is 1. The Balaban J connectivity index is 1.51. The number of fused-ring (bicyclic) bond motifs is 1. The van der Waals surface area contributed by atoms with E-state index in [9.17, 15) is 4.79 Å². The topological polar surface area (TPSA) is 84.8 Å². The summed E-state index contributed by atoms with van der Waals surface area (Å²) in [4.78, 5) is 17.1. The fourth-order valence-electron chi connectivity index (χ4n) is 3.62. The Kier molecular flexibility index (Phi) is 4.46. The van der Waals surface area contributed by atoms with Crippen LogP contribution in [-0.2, 0) is 18.3 Å². The molecule has 7 heteroatoms. The Morgan fingerprint density at radius 2 is 2.19 bits per heavy atom. The summed E-state index contributed by atoms with van der Waals surface area (Å²) in [5.74, 6) is 0.322. The van der Waals surface area contributed by atoms with Crippen molar-refractivity contribution in [3.8, 4) is 0 Å². The molecular formula is C19H23N5O2. The smallest absolute Gasteiger partial charge is 0.273 e. The van der Waals surface area contributed by atoms with Gasteiger partial charge in [-0.2, -0.15) is 9.90 Å². The predicted molar refractivity (Wildman–Crippen MR) is 98.0 cm³/mol. The monoisotopic (exact) mass is 353 g/mol. The summed E-state index contributed by atoms with van der Waals surface area (Å²) in [7, 11) is 1.69. The fraction of sp³-hybridized carbons (Fsp3) is 0.421. The van der Waals surface area contributed by atoms with Crippen LogP contribution in [0.4, 0.5) is 0 Å². The van der Waals surface area contributed by atoms with Crippen LogP contribution in [0.1, 0.15) is 46.1 Å². The van der Waals surface area contributed by atoms with E-state index in [1.807, 2.05) is 6.07 Å². The number of carbonyl (C=O) groups excluding carboxylic acids is 1. The number of aromatic amines is 1. The summed E-state index contributed by atoms with van der Waals surface area (Å²) < 4.78 is 5.48. The number of nitrogens with one attached hydrogen (secondary N) is 2. The lowest BCUT2D eigenvalue weighted by Gasteiger charge is -2.21. The van der Waals surface area contributed by atoms with E-state index < -0.39 is 0 Å². The first-order valence-electron chi connectivity index (χ1n) is 8.95. The fourth-order valence-corrected chi connectivity index (χ4v) is 3.62. The third kappa shape index (κ3) is 3.22. The summed E-state index contributed by atoms with van der Waals surface area (Å²) >= 11 is 0. The van der Waals surface area contributed by atoms with E-state index >= 15 is 0 Å². The molecule has 1 aliphatic rings. The minimum Gasteiger partial charge on any atom is -0.381 e. The molecule has 4 rings (SSSR count). The van der Waals surface area contributed by atoms with E-state index in [4.69, 9.17) is 4.74 Å². The molecule has 7 nitrogen and oxygen atoms in total. The van der Waals surface area contributed by atoms with Crippen LogP contribution in [0, 0.1) is 6.92 Å². The first-order chi connectivity index (χ1) is 12.6. The lowest BCUT2D eigenvalue weighted by molar-refractivity contribution is 0.0845. The van der Waals surface area contributed by atoms with E-state index in [2.05, 4.69) is 39.6 Å². The van der Waals surface area contributed by atoms with Crippen molar-refractivity contribution in [3.05, 3.63) is 46.9 Å². The second-order valence-electron chi connectivity index (χ2n) is 6.83. The van der Waals surface area contributed by atoms with Gasteiger partial charge >= 0.3 is 0 Å².